The molecule has 0 radical (unpaired) electrons. The van der Waals surface area contributed by atoms with Crippen molar-refractivity contribution >= 4 is 11.6 Å². The number of aliphatic hydroxyl groups is 1. The number of hydrogen-bond acceptors (Lipinski definition) is 4. The van der Waals surface area contributed by atoms with E-state index >= 15 is 0 Å². The number of rotatable bonds is 5. The van der Waals surface area contributed by atoms with Gasteiger partial charge in [0.05, 0.1) is 19.4 Å². The highest BCUT2D eigenvalue weighted by Crippen LogP contribution is 2.30. The summed E-state index contributed by atoms with van der Waals surface area (Å²) in [6, 6.07) is 5.30. The van der Waals surface area contributed by atoms with Crippen molar-refractivity contribution < 1.29 is 14.6 Å². The Labute approximate surface area is 122 Å². The van der Waals surface area contributed by atoms with Gasteiger partial charge in [-0.2, -0.15) is 5.10 Å². The zero-order valence-corrected chi connectivity index (χ0v) is 12.4. The summed E-state index contributed by atoms with van der Waals surface area (Å²) in [6.07, 6.45) is 0. The van der Waals surface area contributed by atoms with Crippen molar-refractivity contribution in [2.75, 3.05) is 7.11 Å². The van der Waals surface area contributed by atoms with Crippen LogP contribution in [-0.4, -0.2) is 22.0 Å². The SMILES string of the molecule is COc1cc(CO)ccc1OCc1c(C)nn(C)c1Cl. The third kappa shape index (κ3) is 2.89. The predicted octanol–water partition coefficient (Wildman–Crippen LogP) is 2.46. The van der Waals surface area contributed by atoms with Crippen LogP contribution in [0.25, 0.3) is 0 Å². The summed E-state index contributed by atoms with van der Waals surface area (Å²) in [5.41, 5.74) is 2.45. The molecule has 5 nitrogen and oxygen atoms in total. The molecule has 0 aliphatic rings. The highest BCUT2D eigenvalue weighted by molar-refractivity contribution is 6.30. The number of hydrogen-bond donors (Lipinski definition) is 1. The van der Waals surface area contributed by atoms with Crippen LogP contribution >= 0.6 is 11.6 Å². The highest BCUT2D eigenvalue weighted by atomic mass is 35.5. The van der Waals surface area contributed by atoms with E-state index in [1.54, 1.807) is 37.0 Å². The van der Waals surface area contributed by atoms with Gasteiger partial charge in [-0.05, 0) is 24.6 Å². The molecule has 2 rings (SSSR count). The Morgan fingerprint density at radius 3 is 2.65 bits per heavy atom. The minimum atomic E-state index is -0.0375. The topological polar surface area (TPSA) is 56.5 Å². The first-order valence-corrected chi connectivity index (χ1v) is 6.53. The Bertz CT molecular complexity index is 611. The quantitative estimate of drug-likeness (QED) is 0.921. The number of aromatic nitrogens is 2. The molecule has 0 aliphatic carbocycles. The summed E-state index contributed by atoms with van der Waals surface area (Å²) < 4.78 is 12.6. The molecule has 0 aliphatic heterocycles. The lowest BCUT2D eigenvalue weighted by Crippen LogP contribution is -2.00. The number of methoxy groups -OCH3 is 1. The van der Waals surface area contributed by atoms with E-state index < -0.39 is 0 Å². The van der Waals surface area contributed by atoms with E-state index in [0.717, 1.165) is 16.8 Å². The molecule has 0 atom stereocenters. The van der Waals surface area contributed by atoms with E-state index in [4.69, 9.17) is 26.2 Å². The van der Waals surface area contributed by atoms with E-state index in [1.165, 1.54) is 0 Å². The van der Waals surface area contributed by atoms with Crippen molar-refractivity contribution in [2.24, 2.45) is 7.05 Å². The number of benzene rings is 1. The van der Waals surface area contributed by atoms with E-state index in [-0.39, 0.29) is 6.61 Å². The van der Waals surface area contributed by atoms with Crippen molar-refractivity contribution in [3.05, 3.63) is 40.2 Å². The van der Waals surface area contributed by atoms with Crippen LogP contribution < -0.4 is 9.47 Å². The summed E-state index contributed by atoms with van der Waals surface area (Å²) in [6.45, 7) is 2.16. The standard InChI is InChI=1S/C14H17ClN2O3/c1-9-11(14(15)17(2)16-9)8-20-12-5-4-10(7-18)6-13(12)19-3/h4-6,18H,7-8H2,1-3H3. The molecular weight excluding hydrogens is 280 g/mol. The lowest BCUT2D eigenvalue weighted by Gasteiger charge is -2.11. The average molecular weight is 297 g/mol. The van der Waals surface area contributed by atoms with Gasteiger partial charge in [-0.25, -0.2) is 0 Å². The fourth-order valence-corrected chi connectivity index (χ4v) is 2.15. The Hall–Kier alpha value is -1.72. The monoisotopic (exact) mass is 296 g/mol. The summed E-state index contributed by atoms with van der Waals surface area (Å²) in [4.78, 5) is 0. The van der Waals surface area contributed by atoms with Gasteiger partial charge in [-0.15, -0.1) is 0 Å². The first kappa shape index (κ1) is 14.7. The summed E-state index contributed by atoms with van der Waals surface area (Å²) >= 11 is 6.16. The van der Waals surface area contributed by atoms with Crippen LogP contribution in [0.3, 0.4) is 0 Å². The number of nitrogens with zero attached hydrogens (tertiary/aromatic N) is 2. The van der Waals surface area contributed by atoms with Gasteiger partial charge in [0, 0.05) is 12.6 Å². The van der Waals surface area contributed by atoms with E-state index in [9.17, 15) is 0 Å². The maximum Gasteiger partial charge on any atom is 0.161 e. The normalized spacial score (nSPS) is 10.7. The molecule has 0 amide bonds. The smallest absolute Gasteiger partial charge is 0.161 e. The first-order valence-electron chi connectivity index (χ1n) is 6.15. The molecule has 0 saturated heterocycles. The Kier molecular flexibility index (Phi) is 4.52. The van der Waals surface area contributed by atoms with Crippen molar-refractivity contribution in [1.29, 1.82) is 0 Å². The van der Waals surface area contributed by atoms with Crippen LogP contribution in [0.2, 0.25) is 5.15 Å². The number of aryl methyl sites for hydroxylation is 2. The second-order valence-electron chi connectivity index (χ2n) is 4.41. The van der Waals surface area contributed by atoms with Gasteiger partial charge >= 0.3 is 0 Å². The highest BCUT2D eigenvalue weighted by Gasteiger charge is 2.13. The molecule has 0 spiro atoms. The third-order valence-electron chi connectivity index (χ3n) is 3.05. The molecular formula is C14H17ClN2O3. The van der Waals surface area contributed by atoms with Crippen LogP contribution in [0.4, 0.5) is 0 Å². The van der Waals surface area contributed by atoms with Crippen molar-refractivity contribution in [1.82, 2.24) is 9.78 Å². The Balaban J connectivity index is 2.18. The molecule has 0 unspecified atom stereocenters. The van der Waals surface area contributed by atoms with Crippen LogP contribution in [0, 0.1) is 6.92 Å². The van der Waals surface area contributed by atoms with Gasteiger partial charge in [0.25, 0.3) is 0 Å². The zero-order chi connectivity index (χ0) is 14.7. The third-order valence-corrected chi connectivity index (χ3v) is 3.53. The van der Waals surface area contributed by atoms with Crippen molar-refractivity contribution in [2.45, 2.75) is 20.1 Å². The lowest BCUT2D eigenvalue weighted by atomic mass is 10.2. The van der Waals surface area contributed by atoms with Gasteiger partial charge in [-0.3, -0.25) is 4.68 Å². The van der Waals surface area contributed by atoms with Gasteiger partial charge in [0.2, 0.25) is 0 Å². The Morgan fingerprint density at radius 1 is 1.35 bits per heavy atom. The average Bonchev–Trinajstić information content (AvgIpc) is 2.70. The zero-order valence-electron chi connectivity index (χ0n) is 11.7. The predicted molar refractivity (Wildman–Crippen MR) is 76.2 cm³/mol. The van der Waals surface area contributed by atoms with E-state index in [1.807, 2.05) is 6.92 Å². The van der Waals surface area contributed by atoms with E-state index in [2.05, 4.69) is 5.10 Å². The van der Waals surface area contributed by atoms with Crippen LogP contribution in [0.1, 0.15) is 16.8 Å². The maximum absolute atomic E-state index is 9.11. The van der Waals surface area contributed by atoms with Crippen molar-refractivity contribution in [3.63, 3.8) is 0 Å². The molecule has 0 bridgehead atoms. The molecule has 1 heterocycles. The molecule has 1 aromatic carbocycles. The molecule has 20 heavy (non-hydrogen) atoms. The molecule has 1 N–H and O–H groups in total. The summed E-state index contributed by atoms with van der Waals surface area (Å²) in [7, 11) is 3.35. The van der Waals surface area contributed by atoms with Gasteiger partial charge < -0.3 is 14.6 Å². The molecule has 6 heteroatoms. The molecule has 2 aromatic rings. The molecule has 0 saturated carbocycles. The largest absolute Gasteiger partial charge is 0.493 e. The van der Waals surface area contributed by atoms with Crippen LogP contribution in [-0.2, 0) is 20.3 Å². The first-order chi connectivity index (χ1) is 9.56. The molecule has 0 fully saturated rings. The lowest BCUT2D eigenvalue weighted by molar-refractivity contribution is 0.274. The fourth-order valence-electron chi connectivity index (χ4n) is 1.92. The maximum atomic E-state index is 9.11. The number of halogens is 1. The van der Waals surface area contributed by atoms with Crippen LogP contribution in [0.15, 0.2) is 18.2 Å². The number of aliphatic hydroxyl groups excluding tert-OH is 1. The second-order valence-corrected chi connectivity index (χ2v) is 4.77. The second kappa shape index (κ2) is 6.15. The van der Waals surface area contributed by atoms with Gasteiger partial charge in [0.1, 0.15) is 11.8 Å². The minimum Gasteiger partial charge on any atom is -0.493 e. The molecule has 1 aromatic heterocycles. The van der Waals surface area contributed by atoms with Gasteiger partial charge in [0.15, 0.2) is 11.5 Å². The summed E-state index contributed by atoms with van der Waals surface area (Å²) in [5, 5.41) is 13.9. The minimum absolute atomic E-state index is 0.0375. The molecule has 108 valence electrons. The summed E-state index contributed by atoms with van der Waals surface area (Å²) in [5.74, 6) is 1.18. The van der Waals surface area contributed by atoms with Crippen LogP contribution in [0.5, 0.6) is 11.5 Å². The van der Waals surface area contributed by atoms with E-state index in [0.29, 0.717) is 23.3 Å². The Morgan fingerprint density at radius 2 is 2.10 bits per heavy atom. The van der Waals surface area contributed by atoms with Crippen molar-refractivity contribution in [3.8, 4) is 11.5 Å². The number of ether oxygens (including phenoxy) is 2. The van der Waals surface area contributed by atoms with Gasteiger partial charge in [-0.1, -0.05) is 17.7 Å². The fraction of sp³-hybridized carbons (Fsp3) is 0.357.